The minimum atomic E-state index is -0.613. The zero-order chi connectivity index (χ0) is 13.2. The van der Waals surface area contributed by atoms with E-state index >= 15 is 0 Å². The van der Waals surface area contributed by atoms with Crippen LogP contribution in [0.25, 0.3) is 0 Å². The van der Waals surface area contributed by atoms with Crippen molar-refractivity contribution in [1.29, 1.82) is 0 Å². The number of nitrogens with zero attached hydrogens (tertiary/aromatic N) is 2. The van der Waals surface area contributed by atoms with Crippen LogP contribution in [0.15, 0.2) is 36.7 Å². The fraction of sp³-hybridized carbons (Fsp3) is 0.357. The number of benzene rings is 1. The van der Waals surface area contributed by atoms with E-state index < -0.39 is 6.10 Å². The summed E-state index contributed by atoms with van der Waals surface area (Å²) in [6.45, 7) is 0.360. The van der Waals surface area contributed by atoms with Gasteiger partial charge in [0.15, 0.2) is 17.6 Å². The lowest BCUT2D eigenvalue weighted by Crippen LogP contribution is -2.40. The number of aryl methyl sites for hydroxylation is 1. The molecule has 0 amide bonds. The molecule has 1 aromatic heterocycles. The van der Waals surface area contributed by atoms with Gasteiger partial charge >= 0.3 is 0 Å². The molecule has 2 atom stereocenters. The fourth-order valence-electron chi connectivity index (χ4n) is 2.18. The molecule has 0 fully saturated rings. The SMILES string of the molecule is Cn1cc(CC(O)C2COc3ccccc3O2)cn1. The molecule has 0 aliphatic carbocycles. The van der Waals surface area contributed by atoms with Crippen molar-refractivity contribution in [2.45, 2.75) is 18.6 Å². The molecule has 0 bridgehead atoms. The number of hydrogen-bond donors (Lipinski definition) is 1. The monoisotopic (exact) mass is 260 g/mol. The molecule has 2 unspecified atom stereocenters. The molecule has 0 saturated heterocycles. The molecule has 1 aromatic carbocycles. The zero-order valence-corrected chi connectivity index (χ0v) is 10.7. The summed E-state index contributed by atoms with van der Waals surface area (Å²) >= 11 is 0. The van der Waals surface area contributed by atoms with E-state index in [-0.39, 0.29) is 6.10 Å². The summed E-state index contributed by atoms with van der Waals surface area (Å²) in [5, 5.41) is 14.3. The van der Waals surface area contributed by atoms with Crippen LogP contribution in [-0.2, 0) is 13.5 Å². The Morgan fingerprint density at radius 1 is 1.42 bits per heavy atom. The lowest BCUT2D eigenvalue weighted by atomic mass is 10.1. The van der Waals surface area contributed by atoms with Crippen molar-refractivity contribution in [2.24, 2.45) is 7.05 Å². The Bertz CT molecular complexity index is 567. The number of ether oxygens (including phenoxy) is 2. The zero-order valence-electron chi connectivity index (χ0n) is 10.7. The molecule has 3 rings (SSSR count). The van der Waals surface area contributed by atoms with Crippen LogP contribution in [-0.4, -0.2) is 33.7 Å². The normalized spacial score (nSPS) is 19.2. The Kier molecular flexibility index (Phi) is 3.13. The number of fused-ring (bicyclic) bond motifs is 1. The van der Waals surface area contributed by atoms with Crippen molar-refractivity contribution >= 4 is 0 Å². The van der Waals surface area contributed by atoms with Crippen LogP contribution in [0, 0.1) is 0 Å². The minimum Gasteiger partial charge on any atom is -0.486 e. The van der Waals surface area contributed by atoms with Crippen molar-refractivity contribution in [3.8, 4) is 11.5 Å². The van der Waals surface area contributed by atoms with Crippen molar-refractivity contribution < 1.29 is 14.6 Å². The first-order chi connectivity index (χ1) is 9.22. The first-order valence-electron chi connectivity index (χ1n) is 6.26. The predicted octanol–water partition coefficient (Wildman–Crippen LogP) is 1.16. The second kappa shape index (κ2) is 4.93. The number of para-hydroxylation sites is 2. The first-order valence-corrected chi connectivity index (χ1v) is 6.26. The quantitative estimate of drug-likeness (QED) is 0.900. The van der Waals surface area contributed by atoms with E-state index in [0.717, 1.165) is 11.3 Å². The fourth-order valence-corrected chi connectivity index (χ4v) is 2.18. The van der Waals surface area contributed by atoms with Crippen LogP contribution in [0.1, 0.15) is 5.56 Å². The van der Waals surface area contributed by atoms with Crippen LogP contribution < -0.4 is 9.47 Å². The highest BCUT2D eigenvalue weighted by Gasteiger charge is 2.27. The molecule has 1 aliphatic heterocycles. The number of rotatable bonds is 3. The Hall–Kier alpha value is -2.01. The Labute approximate surface area is 111 Å². The third-order valence-corrected chi connectivity index (χ3v) is 3.16. The molecule has 2 aromatic rings. The van der Waals surface area contributed by atoms with Crippen LogP contribution in [0.3, 0.4) is 0 Å². The number of aromatic nitrogens is 2. The standard InChI is InChI=1S/C14H16N2O3/c1-16-8-10(7-15-16)6-11(17)14-9-18-12-4-2-3-5-13(12)19-14/h2-5,7-8,11,14,17H,6,9H2,1H3. The van der Waals surface area contributed by atoms with Gasteiger partial charge in [-0.2, -0.15) is 5.10 Å². The average Bonchev–Trinajstić information content (AvgIpc) is 2.83. The summed E-state index contributed by atoms with van der Waals surface area (Å²) in [5.41, 5.74) is 0.984. The molecular weight excluding hydrogens is 244 g/mol. The van der Waals surface area contributed by atoms with Crippen LogP contribution in [0.2, 0.25) is 0 Å². The Morgan fingerprint density at radius 3 is 2.95 bits per heavy atom. The maximum atomic E-state index is 10.2. The van der Waals surface area contributed by atoms with Gasteiger partial charge in [0.25, 0.3) is 0 Å². The molecule has 100 valence electrons. The van der Waals surface area contributed by atoms with Gasteiger partial charge in [-0.15, -0.1) is 0 Å². The van der Waals surface area contributed by atoms with Crippen molar-refractivity contribution in [1.82, 2.24) is 9.78 Å². The predicted molar refractivity (Wildman–Crippen MR) is 69.3 cm³/mol. The van der Waals surface area contributed by atoms with Crippen LogP contribution >= 0.6 is 0 Å². The largest absolute Gasteiger partial charge is 0.486 e. The summed E-state index contributed by atoms with van der Waals surface area (Å²) in [7, 11) is 1.85. The maximum Gasteiger partial charge on any atom is 0.161 e. The molecule has 5 heteroatoms. The average molecular weight is 260 g/mol. The third kappa shape index (κ3) is 2.56. The first kappa shape index (κ1) is 12.0. The van der Waals surface area contributed by atoms with E-state index in [1.165, 1.54) is 0 Å². The number of aliphatic hydroxyl groups excluding tert-OH is 1. The van der Waals surface area contributed by atoms with E-state index in [9.17, 15) is 5.11 Å². The number of aliphatic hydroxyl groups is 1. The highest BCUT2D eigenvalue weighted by molar-refractivity contribution is 5.40. The molecule has 0 saturated carbocycles. The van der Waals surface area contributed by atoms with Gasteiger partial charge in [-0.05, 0) is 17.7 Å². The van der Waals surface area contributed by atoms with Gasteiger partial charge in [-0.3, -0.25) is 4.68 Å². The lowest BCUT2D eigenvalue weighted by molar-refractivity contribution is -0.00941. The van der Waals surface area contributed by atoms with Gasteiger partial charge in [0.05, 0.1) is 12.3 Å². The van der Waals surface area contributed by atoms with E-state index in [2.05, 4.69) is 5.10 Å². The summed E-state index contributed by atoms with van der Waals surface area (Å²) in [4.78, 5) is 0. The van der Waals surface area contributed by atoms with Gasteiger partial charge in [-0.25, -0.2) is 0 Å². The van der Waals surface area contributed by atoms with Gasteiger partial charge < -0.3 is 14.6 Å². The molecule has 2 heterocycles. The topological polar surface area (TPSA) is 56.5 Å². The van der Waals surface area contributed by atoms with E-state index in [4.69, 9.17) is 9.47 Å². The van der Waals surface area contributed by atoms with Gasteiger partial charge in [0, 0.05) is 19.7 Å². The molecule has 0 spiro atoms. The summed E-state index contributed by atoms with van der Waals surface area (Å²) in [6, 6.07) is 7.49. The van der Waals surface area contributed by atoms with Crippen molar-refractivity contribution in [3.63, 3.8) is 0 Å². The van der Waals surface area contributed by atoms with E-state index in [1.807, 2.05) is 37.5 Å². The minimum absolute atomic E-state index is 0.352. The number of hydrogen-bond acceptors (Lipinski definition) is 4. The van der Waals surface area contributed by atoms with Crippen LogP contribution in [0.4, 0.5) is 0 Å². The lowest BCUT2D eigenvalue weighted by Gasteiger charge is -2.29. The van der Waals surface area contributed by atoms with Crippen molar-refractivity contribution in [2.75, 3.05) is 6.61 Å². The summed E-state index contributed by atoms with van der Waals surface area (Å²) in [6.07, 6.45) is 3.18. The second-order valence-electron chi connectivity index (χ2n) is 4.71. The summed E-state index contributed by atoms with van der Waals surface area (Å²) < 4.78 is 13.1. The molecular formula is C14H16N2O3. The maximum absolute atomic E-state index is 10.2. The summed E-state index contributed by atoms with van der Waals surface area (Å²) in [5.74, 6) is 1.41. The second-order valence-corrected chi connectivity index (χ2v) is 4.71. The molecule has 5 nitrogen and oxygen atoms in total. The Morgan fingerprint density at radius 2 is 2.21 bits per heavy atom. The van der Waals surface area contributed by atoms with E-state index in [1.54, 1.807) is 10.9 Å². The van der Waals surface area contributed by atoms with Gasteiger partial charge in [0.2, 0.25) is 0 Å². The highest BCUT2D eigenvalue weighted by Crippen LogP contribution is 2.31. The van der Waals surface area contributed by atoms with Crippen LogP contribution in [0.5, 0.6) is 11.5 Å². The smallest absolute Gasteiger partial charge is 0.161 e. The third-order valence-electron chi connectivity index (χ3n) is 3.16. The van der Waals surface area contributed by atoms with Gasteiger partial charge in [0.1, 0.15) is 6.61 Å². The molecule has 19 heavy (non-hydrogen) atoms. The molecule has 1 aliphatic rings. The van der Waals surface area contributed by atoms with Crippen molar-refractivity contribution in [3.05, 3.63) is 42.2 Å². The van der Waals surface area contributed by atoms with Gasteiger partial charge in [-0.1, -0.05) is 12.1 Å². The molecule has 0 radical (unpaired) electrons. The highest BCUT2D eigenvalue weighted by atomic mass is 16.6. The Balaban J connectivity index is 1.67. The van der Waals surface area contributed by atoms with E-state index in [0.29, 0.717) is 18.8 Å². The molecule has 1 N–H and O–H groups in total.